The molecule has 2 saturated carbocycles. The molecule has 0 spiro atoms. The monoisotopic (exact) mass is 229 g/mol. The number of carbonyl (C=O) groups is 1. The lowest BCUT2D eigenvalue weighted by atomic mass is 9.89. The molecule has 3 heteroatoms. The highest BCUT2D eigenvalue weighted by molar-refractivity contribution is 6.20. The molecular weight excluding hydrogens is 210 g/mol. The van der Waals surface area contributed by atoms with Crippen LogP contribution in [-0.2, 0) is 4.79 Å². The molecule has 0 bridgehead atoms. The zero-order valence-electron chi connectivity index (χ0n) is 9.34. The molecule has 0 radical (unpaired) electrons. The van der Waals surface area contributed by atoms with Gasteiger partial charge in [-0.2, -0.15) is 0 Å². The summed E-state index contributed by atoms with van der Waals surface area (Å²) in [7, 11) is 0. The standard InChI is InChI=1S/C12H20ClNO/c1-8-5-11(8)12(15)14-7-9-3-2-4-10(13)6-9/h8-11H,2-7H2,1H3,(H,14,15). The molecule has 2 fully saturated rings. The second-order valence-electron chi connectivity index (χ2n) is 5.19. The molecule has 0 aromatic carbocycles. The third kappa shape index (κ3) is 3.10. The molecule has 2 nitrogen and oxygen atoms in total. The van der Waals surface area contributed by atoms with Gasteiger partial charge < -0.3 is 5.32 Å². The SMILES string of the molecule is CC1CC1C(=O)NCC1CCCC(Cl)C1. The number of nitrogens with one attached hydrogen (secondary N) is 1. The number of rotatable bonds is 3. The van der Waals surface area contributed by atoms with E-state index in [1.54, 1.807) is 0 Å². The van der Waals surface area contributed by atoms with Gasteiger partial charge in [-0.25, -0.2) is 0 Å². The first kappa shape index (κ1) is 11.3. The molecule has 1 N–H and O–H groups in total. The predicted molar refractivity (Wildman–Crippen MR) is 61.9 cm³/mol. The van der Waals surface area contributed by atoms with Gasteiger partial charge in [-0.05, 0) is 37.5 Å². The van der Waals surface area contributed by atoms with Crippen molar-refractivity contribution in [2.24, 2.45) is 17.8 Å². The highest BCUT2D eigenvalue weighted by atomic mass is 35.5. The highest BCUT2D eigenvalue weighted by Gasteiger charge is 2.39. The Morgan fingerprint density at radius 1 is 1.40 bits per heavy atom. The van der Waals surface area contributed by atoms with Crippen molar-refractivity contribution < 1.29 is 4.79 Å². The fourth-order valence-corrected chi connectivity index (χ4v) is 2.88. The minimum absolute atomic E-state index is 0.263. The average molecular weight is 230 g/mol. The van der Waals surface area contributed by atoms with Crippen LogP contribution in [0.15, 0.2) is 0 Å². The third-order valence-corrected chi connectivity index (χ3v) is 4.13. The fraction of sp³-hybridized carbons (Fsp3) is 0.917. The van der Waals surface area contributed by atoms with Crippen molar-refractivity contribution in [2.75, 3.05) is 6.54 Å². The molecule has 0 saturated heterocycles. The molecule has 4 unspecified atom stereocenters. The van der Waals surface area contributed by atoms with E-state index in [2.05, 4.69) is 12.2 Å². The first-order chi connectivity index (χ1) is 7.16. The van der Waals surface area contributed by atoms with Crippen LogP contribution in [0.5, 0.6) is 0 Å². The Bertz CT molecular complexity index is 244. The highest BCUT2D eigenvalue weighted by Crippen LogP contribution is 2.37. The minimum Gasteiger partial charge on any atom is -0.356 e. The summed E-state index contributed by atoms with van der Waals surface area (Å²) in [6, 6.07) is 0. The Kier molecular flexibility index (Phi) is 3.55. The van der Waals surface area contributed by atoms with E-state index in [1.807, 2.05) is 0 Å². The molecule has 2 rings (SSSR count). The Morgan fingerprint density at radius 2 is 2.13 bits per heavy atom. The number of halogens is 1. The van der Waals surface area contributed by atoms with Crippen LogP contribution in [0, 0.1) is 17.8 Å². The number of hydrogen-bond donors (Lipinski definition) is 1. The molecule has 1 amide bonds. The Balaban J connectivity index is 1.66. The fourth-order valence-electron chi connectivity index (χ4n) is 2.47. The topological polar surface area (TPSA) is 29.1 Å². The van der Waals surface area contributed by atoms with Crippen LogP contribution < -0.4 is 5.32 Å². The van der Waals surface area contributed by atoms with E-state index in [4.69, 9.17) is 11.6 Å². The summed E-state index contributed by atoms with van der Waals surface area (Å²) in [5, 5.41) is 3.40. The van der Waals surface area contributed by atoms with Crippen molar-refractivity contribution in [3.05, 3.63) is 0 Å². The van der Waals surface area contributed by atoms with Crippen molar-refractivity contribution in [3.8, 4) is 0 Å². The summed E-state index contributed by atoms with van der Waals surface area (Å²) in [6.45, 7) is 2.98. The Morgan fingerprint density at radius 3 is 2.73 bits per heavy atom. The maximum Gasteiger partial charge on any atom is 0.223 e. The zero-order valence-corrected chi connectivity index (χ0v) is 10.1. The Labute approximate surface area is 96.8 Å². The van der Waals surface area contributed by atoms with Gasteiger partial charge in [-0.15, -0.1) is 11.6 Å². The molecule has 0 heterocycles. The Hall–Kier alpha value is -0.240. The first-order valence-corrected chi connectivity index (χ1v) is 6.52. The van der Waals surface area contributed by atoms with Crippen molar-refractivity contribution in [3.63, 3.8) is 0 Å². The lowest BCUT2D eigenvalue weighted by Gasteiger charge is -2.25. The van der Waals surface area contributed by atoms with Gasteiger partial charge in [-0.1, -0.05) is 13.3 Å². The predicted octanol–water partition coefficient (Wildman–Crippen LogP) is 2.56. The summed E-state index contributed by atoms with van der Waals surface area (Å²) in [5.74, 6) is 1.79. The van der Waals surface area contributed by atoms with E-state index in [1.165, 1.54) is 12.8 Å². The van der Waals surface area contributed by atoms with E-state index >= 15 is 0 Å². The van der Waals surface area contributed by atoms with Crippen LogP contribution in [0.2, 0.25) is 0 Å². The molecule has 0 aliphatic heterocycles. The second kappa shape index (κ2) is 4.73. The molecule has 2 aliphatic carbocycles. The van der Waals surface area contributed by atoms with E-state index < -0.39 is 0 Å². The number of hydrogen-bond acceptors (Lipinski definition) is 1. The van der Waals surface area contributed by atoms with Gasteiger partial charge in [0.05, 0.1) is 0 Å². The van der Waals surface area contributed by atoms with Crippen LogP contribution in [-0.4, -0.2) is 17.8 Å². The van der Waals surface area contributed by atoms with Crippen LogP contribution in [0.3, 0.4) is 0 Å². The largest absolute Gasteiger partial charge is 0.356 e. The lowest BCUT2D eigenvalue weighted by Crippen LogP contribution is -2.33. The van der Waals surface area contributed by atoms with Gasteiger partial charge in [0.25, 0.3) is 0 Å². The summed E-state index contributed by atoms with van der Waals surface area (Å²) >= 11 is 6.11. The summed E-state index contributed by atoms with van der Waals surface area (Å²) in [4.78, 5) is 11.6. The van der Waals surface area contributed by atoms with Gasteiger partial charge in [-0.3, -0.25) is 4.79 Å². The smallest absolute Gasteiger partial charge is 0.223 e. The van der Waals surface area contributed by atoms with Gasteiger partial charge >= 0.3 is 0 Å². The van der Waals surface area contributed by atoms with Crippen LogP contribution in [0.1, 0.15) is 39.0 Å². The van der Waals surface area contributed by atoms with Crippen molar-refractivity contribution >= 4 is 17.5 Å². The van der Waals surface area contributed by atoms with Crippen LogP contribution in [0.4, 0.5) is 0 Å². The molecule has 0 aromatic heterocycles. The lowest BCUT2D eigenvalue weighted by molar-refractivity contribution is -0.122. The number of alkyl halides is 1. The van der Waals surface area contributed by atoms with E-state index in [-0.39, 0.29) is 5.91 Å². The van der Waals surface area contributed by atoms with Crippen molar-refractivity contribution in [1.29, 1.82) is 0 Å². The second-order valence-corrected chi connectivity index (χ2v) is 5.81. The molecule has 86 valence electrons. The first-order valence-electron chi connectivity index (χ1n) is 6.08. The van der Waals surface area contributed by atoms with Gasteiger partial charge in [0.2, 0.25) is 5.91 Å². The molecule has 2 aliphatic rings. The minimum atomic E-state index is 0.263. The maximum absolute atomic E-state index is 11.6. The van der Waals surface area contributed by atoms with Crippen LogP contribution >= 0.6 is 11.6 Å². The molecule has 4 atom stereocenters. The van der Waals surface area contributed by atoms with Crippen molar-refractivity contribution in [2.45, 2.75) is 44.4 Å². The number of carbonyl (C=O) groups excluding carboxylic acids is 1. The van der Waals surface area contributed by atoms with Gasteiger partial charge in [0, 0.05) is 17.8 Å². The maximum atomic E-state index is 11.6. The van der Waals surface area contributed by atoms with Crippen LogP contribution in [0.25, 0.3) is 0 Å². The van der Waals surface area contributed by atoms with Crippen molar-refractivity contribution in [1.82, 2.24) is 5.32 Å². The normalized spacial score (nSPS) is 39.9. The molecular formula is C12H20ClNO. The summed E-state index contributed by atoms with van der Waals surface area (Å²) < 4.78 is 0. The molecule has 0 aromatic rings. The average Bonchev–Trinajstić information content (AvgIpc) is 2.92. The van der Waals surface area contributed by atoms with Gasteiger partial charge in [0.1, 0.15) is 0 Å². The summed E-state index contributed by atoms with van der Waals surface area (Å²) in [5.41, 5.74) is 0. The van der Waals surface area contributed by atoms with Gasteiger partial charge in [0.15, 0.2) is 0 Å². The molecule has 15 heavy (non-hydrogen) atoms. The van der Waals surface area contributed by atoms with E-state index in [9.17, 15) is 4.79 Å². The van der Waals surface area contributed by atoms with E-state index in [0.29, 0.717) is 23.1 Å². The third-order valence-electron chi connectivity index (χ3n) is 3.73. The summed E-state index contributed by atoms with van der Waals surface area (Å²) in [6.07, 6.45) is 5.74. The number of amides is 1. The zero-order chi connectivity index (χ0) is 10.8. The quantitative estimate of drug-likeness (QED) is 0.741. The van der Waals surface area contributed by atoms with E-state index in [0.717, 1.165) is 25.8 Å².